The van der Waals surface area contributed by atoms with Crippen LogP contribution in [0.2, 0.25) is 0 Å². The molecule has 1 aromatic carbocycles. The van der Waals surface area contributed by atoms with Crippen molar-refractivity contribution < 1.29 is 9.53 Å². The Morgan fingerprint density at radius 2 is 2.23 bits per heavy atom. The van der Waals surface area contributed by atoms with Gasteiger partial charge in [-0.25, -0.2) is 0 Å². The number of carbonyl (C=O) groups is 1. The van der Waals surface area contributed by atoms with E-state index in [0.29, 0.717) is 12.0 Å². The van der Waals surface area contributed by atoms with Gasteiger partial charge in [-0.3, -0.25) is 15.6 Å². The van der Waals surface area contributed by atoms with Crippen molar-refractivity contribution in [3.05, 3.63) is 29.3 Å². The van der Waals surface area contributed by atoms with E-state index in [1.54, 1.807) is 0 Å². The molecule has 1 saturated carbocycles. The number of benzene rings is 1. The van der Waals surface area contributed by atoms with E-state index in [1.807, 2.05) is 26.0 Å². The van der Waals surface area contributed by atoms with E-state index in [1.165, 1.54) is 5.56 Å². The largest absolute Gasteiger partial charge is 0.484 e. The molecule has 0 radical (unpaired) electrons. The van der Waals surface area contributed by atoms with Gasteiger partial charge in [0.2, 0.25) is 0 Å². The second-order valence-corrected chi connectivity index (χ2v) is 6.53. The molecule has 3 unspecified atom stereocenters. The molecule has 3 atom stereocenters. The fourth-order valence-corrected chi connectivity index (χ4v) is 3.51. The highest BCUT2D eigenvalue weighted by atomic mass is 16.5. The van der Waals surface area contributed by atoms with Gasteiger partial charge >= 0.3 is 0 Å². The summed E-state index contributed by atoms with van der Waals surface area (Å²) in [6.45, 7) is 5.13. The molecule has 2 aliphatic rings. The van der Waals surface area contributed by atoms with Crippen LogP contribution in [0, 0.1) is 19.8 Å². The van der Waals surface area contributed by atoms with Crippen molar-refractivity contribution in [3.8, 4) is 5.75 Å². The number of nitrogens with one attached hydrogen (secondary N) is 3. The van der Waals surface area contributed by atoms with Gasteiger partial charge in [-0.1, -0.05) is 17.7 Å². The highest BCUT2D eigenvalue weighted by Gasteiger charge is 2.34. The standard InChI is InChI=1S/C17H25N3O2/c1-11-3-6-16(12(2)7-11)22-10-17(21)19-14-4-5-15-13(8-14)9-18-20-15/h3,6-7,13-15,18,20H,4-5,8-10H2,1-2H3,(H,19,21). The van der Waals surface area contributed by atoms with Crippen LogP contribution >= 0.6 is 0 Å². The Labute approximate surface area is 131 Å². The van der Waals surface area contributed by atoms with Gasteiger partial charge in [0.1, 0.15) is 5.75 Å². The zero-order chi connectivity index (χ0) is 15.5. The molecule has 0 spiro atoms. The van der Waals surface area contributed by atoms with Crippen molar-refractivity contribution in [1.82, 2.24) is 16.2 Å². The number of hydrazine groups is 1. The molecular weight excluding hydrogens is 278 g/mol. The molecule has 3 N–H and O–H groups in total. The molecule has 1 heterocycles. The van der Waals surface area contributed by atoms with E-state index in [2.05, 4.69) is 22.2 Å². The molecule has 22 heavy (non-hydrogen) atoms. The van der Waals surface area contributed by atoms with Crippen LogP contribution in [0.1, 0.15) is 30.4 Å². The van der Waals surface area contributed by atoms with Crippen LogP contribution in [0.4, 0.5) is 0 Å². The molecule has 1 aromatic rings. The highest BCUT2D eigenvalue weighted by molar-refractivity contribution is 5.77. The van der Waals surface area contributed by atoms with Crippen LogP contribution in [0.5, 0.6) is 5.75 Å². The van der Waals surface area contributed by atoms with Crippen molar-refractivity contribution in [2.45, 2.75) is 45.2 Å². The van der Waals surface area contributed by atoms with Gasteiger partial charge in [0.05, 0.1) is 0 Å². The first-order chi connectivity index (χ1) is 10.6. The average molecular weight is 303 g/mol. The van der Waals surface area contributed by atoms with Crippen molar-refractivity contribution >= 4 is 5.91 Å². The molecule has 2 fully saturated rings. The zero-order valence-electron chi connectivity index (χ0n) is 13.3. The average Bonchev–Trinajstić information content (AvgIpc) is 2.94. The summed E-state index contributed by atoms with van der Waals surface area (Å²) in [4.78, 5) is 12.1. The molecule has 5 nitrogen and oxygen atoms in total. The fourth-order valence-electron chi connectivity index (χ4n) is 3.51. The van der Waals surface area contributed by atoms with E-state index < -0.39 is 0 Å². The lowest BCUT2D eigenvalue weighted by Gasteiger charge is -2.31. The Morgan fingerprint density at radius 1 is 1.36 bits per heavy atom. The summed E-state index contributed by atoms with van der Waals surface area (Å²) in [5.41, 5.74) is 8.78. The van der Waals surface area contributed by atoms with E-state index >= 15 is 0 Å². The van der Waals surface area contributed by atoms with Crippen molar-refractivity contribution in [3.63, 3.8) is 0 Å². The Balaban J connectivity index is 1.46. The van der Waals surface area contributed by atoms with Gasteiger partial charge in [0.25, 0.3) is 5.91 Å². The Bertz CT molecular complexity index is 547. The van der Waals surface area contributed by atoms with Crippen molar-refractivity contribution in [1.29, 1.82) is 0 Å². The maximum absolute atomic E-state index is 12.1. The van der Waals surface area contributed by atoms with Gasteiger partial charge in [-0.15, -0.1) is 0 Å². The van der Waals surface area contributed by atoms with Gasteiger partial charge in [0.15, 0.2) is 6.61 Å². The van der Waals surface area contributed by atoms with E-state index in [9.17, 15) is 4.79 Å². The molecule has 0 aromatic heterocycles. The fraction of sp³-hybridized carbons (Fsp3) is 0.588. The van der Waals surface area contributed by atoms with Crippen LogP contribution in [0.15, 0.2) is 18.2 Å². The van der Waals surface area contributed by atoms with Gasteiger partial charge in [0, 0.05) is 18.6 Å². The molecule has 3 rings (SSSR count). The summed E-state index contributed by atoms with van der Waals surface area (Å²) in [5.74, 6) is 1.38. The smallest absolute Gasteiger partial charge is 0.258 e. The minimum absolute atomic E-state index is 0.0256. The molecule has 0 bridgehead atoms. The molecule has 5 heteroatoms. The van der Waals surface area contributed by atoms with Gasteiger partial charge < -0.3 is 10.1 Å². The van der Waals surface area contributed by atoms with Gasteiger partial charge in [-0.2, -0.15) is 0 Å². The minimum Gasteiger partial charge on any atom is -0.484 e. The second-order valence-electron chi connectivity index (χ2n) is 6.53. The number of rotatable bonds is 4. The van der Waals surface area contributed by atoms with E-state index in [4.69, 9.17) is 4.74 Å². The third kappa shape index (κ3) is 3.59. The number of hydrogen-bond donors (Lipinski definition) is 3. The number of hydrogen-bond acceptors (Lipinski definition) is 4. The lowest BCUT2D eigenvalue weighted by Crippen LogP contribution is -2.45. The van der Waals surface area contributed by atoms with Crippen LogP contribution in [-0.2, 0) is 4.79 Å². The zero-order valence-corrected chi connectivity index (χ0v) is 13.3. The second kappa shape index (κ2) is 6.67. The predicted octanol–water partition coefficient (Wildman–Crippen LogP) is 1.44. The summed E-state index contributed by atoms with van der Waals surface area (Å²) in [5, 5.41) is 3.11. The molecule has 1 aliphatic carbocycles. The Kier molecular flexibility index (Phi) is 4.64. The number of fused-ring (bicyclic) bond motifs is 1. The first-order valence-corrected chi connectivity index (χ1v) is 8.09. The SMILES string of the molecule is Cc1ccc(OCC(=O)NC2CCC3NNCC3C2)c(C)c1. The lowest BCUT2D eigenvalue weighted by atomic mass is 9.83. The van der Waals surface area contributed by atoms with Crippen LogP contribution in [0.25, 0.3) is 0 Å². The first kappa shape index (κ1) is 15.3. The Morgan fingerprint density at radius 3 is 3.05 bits per heavy atom. The van der Waals surface area contributed by atoms with E-state index in [0.717, 1.165) is 37.1 Å². The number of amides is 1. The lowest BCUT2D eigenvalue weighted by molar-refractivity contribution is -0.124. The number of ether oxygens (including phenoxy) is 1. The summed E-state index contributed by atoms with van der Waals surface area (Å²) in [6.07, 6.45) is 3.19. The topological polar surface area (TPSA) is 62.4 Å². The minimum atomic E-state index is -0.0256. The van der Waals surface area contributed by atoms with Crippen molar-refractivity contribution in [2.24, 2.45) is 5.92 Å². The first-order valence-electron chi connectivity index (χ1n) is 8.09. The predicted molar refractivity (Wildman–Crippen MR) is 85.6 cm³/mol. The Hall–Kier alpha value is -1.59. The molecule has 120 valence electrons. The third-order valence-electron chi connectivity index (χ3n) is 4.69. The van der Waals surface area contributed by atoms with E-state index in [-0.39, 0.29) is 18.6 Å². The normalized spacial score (nSPS) is 27.3. The highest BCUT2D eigenvalue weighted by Crippen LogP contribution is 2.26. The number of aryl methyl sites for hydroxylation is 2. The summed E-state index contributed by atoms with van der Waals surface area (Å²) >= 11 is 0. The van der Waals surface area contributed by atoms with Gasteiger partial charge in [-0.05, 0) is 50.7 Å². The maximum Gasteiger partial charge on any atom is 0.258 e. The monoisotopic (exact) mass is 303 g/mol. The maximum atomic E-state index is 12.1. The summed E-state index contributed by atoms with van der Waals surface area (Å²) in [7, 11) is 0. The van der Waals surface area contributed by atoms with Crippen LogP contribution < -0.4 is 20.9 Å². The number of carbonyl (C=O) groups excluding carboxylic acids is 1. The third-order valence-corrected chi connectivity index (χ3v) is 4.69. The van der Waals surface area contributed by atoms with Crippen LogP contribution in [-0.4, -0.2) is 31.1 Å². The van der Waals surface area contributed by atoms with Crippen LogP contribution in [0.3, 0.4) is 0 Å². The summed E-state index contributed by atoms with van der Waals surface area (Å²) < 4.78 is 5.65. The molecule has 1 saturated heterocycles. The summed E-state index contributed by atoms with van der Waals surface area (Å²) in [6, 6.07) is 6.84. The quantitative estimate of drug-likeness (QED) is 0.788. The molecular formula is C17H25N3O2. The van der Waals surface area contributed by atoms with Crippen molar-refractivity contribution in [2.75, 3.05) is 13.2 Å². The molecule has 1 aliphatic heterocycles. The molecule has 1 amide bonds.